The van der Waals surface area contributed by atoms with E-state index in [1.807, 2.05) is 36.2 Å². The Kier molecular flexibility index (Phi) is 6.30. The van der Waals surface area contributed by atoms with Crippen LogP contribution in [0, 0.1) is 5.92 Å². The third-order valence-electron chi connectivity index (χ3n) is 6.23. The summed E-state index contributed by atoms with van der Waals surface area (Å²) in [5, 5.41) is 3.52. The fraction of sp³-hybridized carbons (Fsp3) is 0.435. The number of piperidine rings is 1. The van der Waals surface area contributed by atoms with Crippen molar-refractivity contribution in [2.75, 3.05) is 26.7 Å². The van der Waals surface area contributed by atoms with E-state index in [0.717, 1.165) is 25.9 Å². The van der Waals surface area contributed by atoms with Crippen molar-refractivity contribution in [1.82, 2.24) is 10.2 Å². The lowest BCUT2D eigenvalue weighted by molar-refractivity contribution is -0.137. The molecule has 0 bridgehead atoms. The molecule has 1 amide bonds. The molecule has 0 spiro atoms. The molecule has 0 aliphatic carbocycles. The maximum atomic E-state index is 13.2. The Morgan fingerprint density at radius 2 is 1.63 bits per heavy atom. The van der Waals surface area contributed by atoms with Gasteiger partial charge in [-0.15, -0.1) is 0 Å². The number of carbonyl (C=O) groups is 1. The molecule has 27 heavy (non-hydrogen) atoms. The number of nitrogens with one attached hydrogen (secondary N) is 1. The van der Waals surface area contributed by atoms with Gasteiger partial charge in [-0.25, -0.2) is 0 Å². The summed E-state index contributed by atoms with van der Waals surface area (Å²) >= 11 is 0. The van der Waals surface area contributed by atoms with Crippen LogP contribution in [-0.2, 0) is 10.3 Å². The van der Waals surface area contributed by atoms with Crippen LogP contribution in [0.25, 0.3) is 0 Å². The fourth-order valence-electron chi connectivity index (χ4n) is 4.29. The highest BCUT2D eigenvalue weighted by Crippen LogP contribution is 2.34. The zero-order chi connectivity index (χ0) is 19.3. The summed E-state index contributed by atoms with van der Waals surface area (Å²) in [6.07, 6.45) is 1.83. The van der Waals surface area contributed by atoms with Crippen LogP contribution in [0.4, 0.5) is 0 Å². The van der Waals surface area contributed by atoms with Gasteiger partial charge in [-0.3, -0.25) is 4.79 Å². The Labute approximate surface area is 162 Å². The minimum absolute atomic E-state index is 0.0543. The number of amides is 1. The van der Waals surface area contributed by atoms with E-state index in [1.54, 1.807) is 0 Å². The van der Waals surface area contributed by atoms with Gasteiger partial charge in [0.1, 0.15) is 0 Å². The smallest absolute Gasteiger partial charge is 0.227 e. The van der Waals surface area contributed by atoms with Crippen molar-refractivity contribution < 1.29 is 4.79 Å². The van der Waals surface area contributed by atoms with Crippen LogP contribution in [0.1, 0.15) is 36.8 Å². The van der Waals surface area contributed by atoms with Gasteiger partial charge in [-0.2, -0.15) is 0 Å². The van der Waals surface area contributed by atoms with Crippen molar-refractivity contribution in [1.29, 1.82) is 0 Å². The van der Waals surface area contributed by atoms with Crippen molar-refractivity contribution in [2.24, 2.45) is 11.7 Å². The second-order valence-corrected chi connectivity index (χ2v) is 7.56. The van der Waals surface area contributed by atoms with Crippen molar-refractivity contribution in [3.05, 3.63) is 71.8 Å². The molecule has 1 fully saturated rings. The quantitative estimate of drug-likeness (QED) is 0.827. The fourth-order valence-corrected chi connectivity index (χ4v) is 4.29. The van der Waals surface area contributed by atoms with Crippen molar-refractivity contribution in [2.45, 2.75) is 31.2 Å². The van der Waals surface area contributed by atoms with Gasteiger partial charge in [0.2, 0.25) is 5.91 Å². The number of nitrogens with zero attached hydrogens (tertiary/aromatic N) is 1. The highest BCUT2D eigenvalue weighted by Gasteiger charge is 2.38. The van der Waals surface area contributed by atoms with Gasteiger partial charge in [0.05, 0.1) is 5.92 Å². The largest absolute Gasteiger partial charge is 0.342 e. The Bertz CT molecular complexity index is 724. The van der Waals surface area contributed by atoms with Crippen LogP contribution < -0.4 is 11.1 Å². The molecule has 0 unspecified atom stereocenters. The molecular formula is C23H31N3O. The average molecular weight is 366 g/mol. The van der Waals surface area contributed by atoms with Gasteiger partial charge < -0.3 is 16.0 Å². The molecule has 3 N–H and O–H groups in total. The Morgan fingerprint density at radius 3 is 2.15 bits per heavy atom. The van der Waals surface area contributed by atoms with Crippen molar-refractivity contribution in [3.8, 4) is 0 Å². The molecule has 144 valence electrons. The van der Waals surface area contributed by atoms with E-state index in [0.29, 0.717) is 6.54 Å². The molecule has 1 aliphatic rings. The molecule has 1 heterocycles. The molecule has 1 saturated heterocycles. The van der Waals surface area contributed by atoms with Gasteiger partial charge in [0.25, 0.3) is 0 Å². The molecule has 2 aromatic rings. The van der Waals surface area contributed by atoms with Crippen LogP contribution in [0.5, 0.6) is 0 Å². The SMILES string of the molecule is CNC1(c2ccccc2)CCN(C(=O)[C@H](CN)[C@@H](C)c2ccccc2)CC1. The first-order valence-corrected chi connectivity index (χ1v) is 9.89. The zero-order valence-electron chi connectivity index (χ0n) is 16.4. The Morgan fingerprint density at radius 1 is 1.07 bits per heavy atom. The maximum absolute atomic E-state index is 13.2. The predicted octanol–water partition coefficient (Wildman–Crippen LogP) is 3.10. The molecule has 0 radical (unpaired) electrons. The molecule has 0 aromatic heterocycles. The van der Waals surface area contributed by atoms with E-state index in [1.165, 1.54) is 11.1 Å². The third kappa shape index (κ3) is 4.07. The number of rotatable bonds is 6. The van der Waals surface area contributed by atoms with E-state index >= 15 is 0 Å². The van der Waals surface area contributed by atoms with Crippen LogP contribution >= 0.6 is 0 Å². The Balaban J connectivity index is 1.70. The topological polar surface area (TPSA) is 58.4 Å². The zero-order valence-corrected chi connectivity index (χ0v) is 16.4. The molecule has 1 aliphatic heterocycles. The summed E-state index contributed by atoms with van der Waals surface area (Å²) in [4.78, 5) is 15.2. The number of likely N-dealkylation sites (tertiary alicyclic amines) is 1. The molecule has 4 heteroatoms. The molecule has 2 atom stereocenters. The van der Waals surface area contributed by atoms with Crippen LogP contribution in [0.2, 0.25) is 0 Å². The van der Waals surface area contributed by atoms with Gasteiger partial charge in [0, 0.05) is 25.2 Å². The maximum Gasteiger partial charge on any atom is 0.227 e. The molecule has 0 saturated carbocycles. The van der Waals surface area contributed by atoms with Crippen LogP contribution in [-0.4, -0.2) is 37.5 Å². The van der Waals surface area contributed by atoms with E-state index in [4.69, 9.17) is 5.73 Å². The van der Waals surface area contributed by atoms with Gasteiger partial charge in [0.15, 0.2) is 0 Å². The predicted molar refractivity (Wildman–Crippen MR) is 110 cm³/mol. The highest BCUT2D eigenvalue weighted by atomic mass is 16.2. The normalized spacial score (nSPS) is 18.7. The first-order valence-electron chi connectivity index (χ1n) is 9.89. The molecular weight excluding hydrogens is 334 g/mol. The highest BCUT2D eigenvalue weighted by molar-refractivity contribution is 5.80. The standard InChI is InChI=1S/C23H31N3O/c1-18(19-9-5-3-6-10-19)21(17-24)22(27)26-15-13-23(25-2,14-16-26)20-11-7-4-8-12-20/h3-12,18,21,25H,13-17,24H2,1-2H3/t18-,21+/m0/s1. The number of carbonyl (C=O) groups excluding carboxylic acids is 1. The molecule has 4 nitrogen and oxygen atoms in total. The summed E-state index contributed by atoms with van der Waals surface area (Å²) in [5.41, 5.74) is 8.45. The lowest BCUT2D eigenvalue weighted by atomic mass is 9.80. The second-order valence-electron chi connectivity index (χ2n) is 7.56. The monoisotopic (exact) mass is 365 g/mol. The van der Waals surface area contributed by atoms with Crippen molar-refractivity contribution in [3.63, 3.8) is 0 Å². The number of hydrogen-bond acceptors (Lipinski definition) is 3. The Hall–Kier alpha value is -2.17. The summed E-state index contributed by atoms with van der Waals surface area (Å²) in [6, 6.07) is 20.8. The summed E-state index contributed by atoms with van der Waals surface area (Å²) < 4.78 is 0. The third-order valence-corrected chi connectivity index (χ3v) is 6.23. The van der Waals surface area contributed by atoms with Crippen molar-refractivity contribution >= 4 is 5.91 Å². The second kappa shape index (κ2) is 8.68. The minimum Gasteiger partial charge on any atom is -0.342 e. The van der Waals surface area contributed by atoms with E-state index in [-0.39, 0.29) is 23.3 Å². The molecule has 3 rings (SSSR count). The minimum atomic E-state index is -0.175. The van der Waals surface area contributed by atoms with Crippen LogP contribution in [0.15, 0.2) is 60.7 Å². The van der Waals surface area contributed by atoms with E-state index in [9.17, 15) is 4.79 Å². The first kappa shape index (κ1) is 19.6. The van der Waals surface area contributed by atoms with E-state index in [2.05, 4.69) is 48.6 Å². The lowest BCUT2D eigenvalue weighted by Gasteiger charge is -2.43. The summed E-state index contributed by atoms with van der Waals surface area (Å²) in [5.74, 6) is 0.131. The van der Waals surface area contributed by atoms with Crippen LogP contribution in [0.3, 0.4) is 0 Å². The average Bonchev–Trinajstić information content (AvgIpc) is 2.75. The molecule has 2 aromatic carbocycles. The summed E-state index contributed by atoms with van der Waals surface area (Å²) in [7, 11) is 2.02. The van der Waals surface area contributed by atoms with Gasteiger partial charge in [-0.05, 0) is 36.9 Å². The number of nitrogens with two attached hydrogens (primary N) is 1. The first-order chi connectivity index (χ1) is 13.1. The summed E-state index contributed by atoms with van der Waals surface area (Å²) in [6.45, 7) is 4.00. The van der Waals surface area contributed by atoms with Gasteiger partial charge >= 0.3 is 0 Å². The number of hydrogen-bond donors (Lipinski definition) is 2. The number of benzene rings is 2. The van der Waals surface area contributed by atoms with E-state index < -0.39 is 0 Å². The lowest BCUT2D eigenvalue weighted by Crippen LogP contribution is -2.53. The van der Waals surface area contributed by atoms with Gasteiger partial charge in [-0.1, -0.05) is 67.6 Å².